The van der Waals surface area contributed by atoms with Crippen LogP contribution in [0.25, 0.3) is 0 Å². The molecule has 0 bridgehead atoms. The number of benzene rings is 1. The zero-order valence-electron chi connectivity index (χ0n) is 14.3. The maximum absolute atomic E-state index is 12.1. The quantitative estimate of drug-likeness (QED) is 0.839. The fourth-order valence-corrected chi connectivity index (χ4v) is 3.05. The highest BCUT2D eigenvalue weighted by molar-refractivity contribution is 7.12. The van der Waals surface area contributed by atoms with Crippen LogP contribution in [0, 0.1) is 0 Å². The number of para-hydroxylation sites is 1. The summed E-state index contributed by atoms with van der Waals surface area (Å²) in [4.78, 5) is 28.5. The van der Waals surface area contributed by atoms with Gasteiger partial charge in [0.25, 0.3) is 5.91 Å². The molecule has 2 aromatic rings. The van der Waals surface area contributed by atoms with Gasteiger partial charge in [0.1, 0.15) is 0 Å². The highest BCUT2D eigenvalue weighted by atomic mass is 32.1. The van der Waals surface area contributed by atoms with Crippen molar-refractivity contribution in [3.8, 4) is 0 Å². The van der Waals surface area contributed by atoms with Gasteiger partial charge in [0, 0.05) is 32.9 Å². The molecule has 2 rings (SSSR count). The molecule has 2 amide bonds. The largest absolute Gasteiger partial charge is 0.375 e. The number of nitrogens with zero attached hydrogens (tertiary/aromatic N) is 2. The predicted molar refractivity (Wildman–Crippen MR) is 98.5 cm³/mol. The molecule has 0 aliphatic rings. The summed E-state index contributed by atoms with van der Waals surface area (Å²) in [7, 11) is 3.66. The second-order valence-corrected chi connectivity index (χ2v) is 6.51. The van der Waals surface area contributed by atoms with Crippen LogP contribution in [0.5, 0.6) is 0 Å². The molecular weight excluding hydrogens is 322 g/mol. The molecule has 24 heavy (non-hydrogen) atoms. The van der Waals surface area contributed by atoms with Gasteiger partial charge in [0.05, 0.1) is 11.4 Å². The first-order chi connectivity index (χ1) is 11.5. The maximum atomic E-state index is 12.1. The summed E-state index contributed by atoms with van der Waals surface area (Å²) in [5, 5.41) is 4.74. The molecule has 128 valence electrons. The summed E-state index contributed by atoms with van der Waals surface area (Å²) in [5.41, 5.74) is 2.16. The van der Waals surface area contributed by atoms with Crippen LogP contribution in [0.2, 0.25) is 0 Å². The Kier molecular flexibility index (Phi) is 6.37. The van der Waals surface area contributed by atoms with Crippen LogP contribution < -0.4 is 10.2 Å². The number of carbonyl (C=O) groups is 2. The van der Waals surface area contributed by atoms with Crippen LogP contribution in [0.4, 0.5) is 5.69 Å². The zero-order chi connectivity index (χ0) is 17.5. The number of hydrogen-bond acceptors (Lipinski definition) is 4. The SMILES string of the molecule is CCN(C)c1ccccc1CNC(=O)CN(C)C(=O)c1cccs1. The highest BCUT2D eigenvalue weighted by Gasteiger charge is 2.16. The van der Waals surface area contributed by atoms with Crippen LogP contribution >= 0.6 is 11.3 Å². The monoisotopic (exact) mass is 345 g/mol. The highest BCUT2D eigenvalue weighted by Crippen LogP contribution is 2.18. The van der Waals surface area contributed by atoms with Crippen LogP contribution in [-0.2, 0) is 11.3 Å². The lowest BCUT2D eigenvalue weighted by atomic mass is 10.1. The Morgan fingerprint density at radius 3 is 2.54 bits per heavy atom. The third-order valence-electron chi connectivity index (χ3n) is 3.81. The van der Waals surface area contributed by atoms with Crippen LogP contribution in [0.1, 0.15) is 22.2 Å². The van der Waals surface area contributed by atoms with E-state index in [1.807, 2.05) is 42.8 Å². The van der Waals surface area contributed by atoms with E-state index in [0.717, 1.165) is 17.8 Å². The molecule has 1 aromatic heterocycles. The Hall–Kier alpha value is -2.34. The van der Waals surface area contributed by atoms with Crippen LogP contribution in [0.15, 0.2) is 41.8 Å². The number of likely N-dealkylation sites (N-methyl/N-ethyl adjacent to an activating group) is 1. The molecule has 0 saturated carbocycles. The molecule has 0 saturated heterocycles. The lowest BCUT2D eigenvalue weighted by Gasteiger charge is -2.21. The van der Waals surface area contributed by atoms with Crippen molar-refractivity contribution in [1.29, 1.82) is 0 Å². The average molecular weight is 345 g/mol. The van der Waals surface area contributed by atoms with Gasteiger partial charge >= 0.3 is 0 Å². The molecule has 0 spiro atoms. The first kappa shape index (κ1) is 18.0. The summed E-state index contributed by atoms with van der Waals surface area (Å²) in [6.07, 6.45) is 0. The van der Waals surface area contributed by atoms with E-state index in [2.05, 4.69) is 17.1 Å². The molecule has 1 heterocycles. The number of thiophene rings is 1. The van der Waals surface area contributed by atoms with Gasteiger partial charge in [-0.05, 0) is 30.0 Å². The maximum Gasteiger partial charge on any atom is 0.264 e. The average Bonchev–Trinajstić information content (AvgIpc) is 3.13. The van der Waals surface area contributed by atoms with E-state index in [4.69, 9.17) is 0 Å². The van der Waals surface area contributed by atoms with Crippen molar-refractivity contribution in [3.63, 3.8) is 0 Å². The summed E-state index contributed by atoms with van der Waals surface area (Å²) in [6, 6.07) is 11.6. The van der Waals surface area contributed by atoms with Gasteiger partial charge in [-0.2, -0.15) is 0 Å². The van der Waals surface area contributed by atoms with E-state index in [9.17, 15) is 9.59 Å². The molecule has 0 aliphatic heterocycles. The first-order valence-electron chi connectivity index (χ1n) is 7.87. The summed E-state index contributed by atoms with van der Waals surface area (Å²) >= 11 is 1.38. The molecule has 0 atom stereocenters. The molecule has 1 aromatic carbocycles. The van der Waals surface area contributed by atoms with Gasteiger partial charge in [0.15, 0.2) is 0 Å². The Bertz CT molecular complexity index is 685. The second-order valence-electron chi connectivity index (χ2n) is 5.56. The van der Waals surface area contributed by atoms with Crippen molar-refractivity contribution >= 4 is 28.8 Å². The van der Waals surface area contributed by atoms with Gasteiger partial charge in [-0.25, -0.2) is 0 Å². The van der Waals surface area contributed by atoms with E-state index in [0.29, 0.717) is 11.4 Å². The standard InChI is InChI=1S/C18H23N3O2S/c1-4-20(2)15-9-6-5-8-14(15)12-19-17(22)13-21(3)18(23)16-10-7-11-24-16/h5-11H,4,12-13H2,1-3H3,(H,19,22). The number of amides is 2. The zero-order valence-corrected chi connectivity index (χ0v) is 15.1. The van der Waals surface area contributed by atoms with Crippen molar-refractivity contribution in [2.24, 2.45) is 0 Å². The van der Waals surface area contributed by atoms with Crippen molar-refractivity contribution in [2.45, 2.75) is 13.5 Å². The molecule has 0 aliphatic carbocycles. The minimum atomic E-state index is -0.170. The molecule has 0 radical (unpaired) electrons. The summed E-state index contributed by atoms with van der Waals surface area (Å²) in [6.45, 7) is 3.46. The third kappa shape index (κ3) is 4.58. The molecule has 6 heteroatoms. The first-order valence-corrected chi connectivity index (χ1v) is 8.75. The van der Waals surface area contributed by atoms with Gasteiger partial charge < -0.3 is 15.1 Å². The number of hydrogen-bond donors (Lipinski definition) is 1. The van der Waals surface area contributed by atoms with E-state index < -0.39 is 0 Å². The molecular formula is C18H23N3O2S. The van der Waals surface area contributed by atoms with E-state index >= 15 is 0 Å². The van der Waals surface area contributed by atoms with Gasteiger partial charge in [-0.1, -0.05) is 24.3 Å². The van der Waals surface area contributed by atoms with Crippen molar-refractivity contribution in [2.75, 3.05) is 32.1 Å². The predicted octanol–water partition coefficient (Wildman–Crippen LogP) is 2.59. The number of rotatable bonds is 7. The van der Waals surface area contributed by atoms with E-state index in [1.165, 1.54) is 16.2 Å². The molecule has 0 unspecified atom stereocenters. The lowest BCUT2D eigenvalue weighted by Crippen LogP contribution is -2.38. The molecule has 0 fully saturated rings. The Balaban J connectivity index is 1.91. The Morgan fingerprint density at radius 2 is 1.88 bits per heavy atom. The topological polar surface area (TPSA) is 52.7 Å². The second kappa shape index (κ2) is 8.49. The van der Waals surface area contributed by atoms with Gasteiger partial charge in [-0.3, -0.25) is 9.59 Å². The number of nitrogens with one attached hydrogen (secondary N) is 1. The summed E-state index contributed by atoms with van der Waals surface area (Å²) in [5.74, 6) is -0.303. The summed E-state index contributed by atoms with van der Waals surface area (Å²) < 4.78 is 0. The Labute approximate surface area is 146 Å². The normalized spacial score (nSPS) is 10.3. The third-order valence-corrected chi connectivity index (χ3v) is 4.67. The fourth-order valence-electron chi connectivity index (χ4n) is 2.33. The number of carbonyl (C=O) groups excluding carboxylic acids is 2. The Morgan fingerprint density at radius 1 is 1.12 bits per heavy atom. The van der Waals surface area contributed by atoms with Crippen LogP contribution in [-0.4, -0.2) is 43.9 Å². The van der Waals surface area contributed by atoms with Crippen molar-refractivity contribution in [1.82, 2.24) is 10.2 Å². The smallest absolute Gasteiger partial charge is 0.264 e. The molecule has 5 nitrogen and oxygen atoms in total. The van der Waals surface area contributed by atoms with Gasteiger partial charge in [0.2, 0.25) is 5.91 Å². The molecule has 1 N–H and O–H groups in total. The van der Waals surface area contributed by atoms with E-state index in [-0.39, 0.29) is 18.4 Å². The van der Waals surface area contributed by atoms with Crippen molar-refractivity contribution in [3.05, 3.63) is 52.2 Å². The minimum Gasteiger partial charge on any atom is -0.375 e. The lowest BCUT2D eigenvalue weighted by molar-refractivity contribution is -0.121. The van der Waals surface area contributed by atoms with Crippen LogP contribution in [0.3, 0.4) is 0 Å². The van der Waals surface area contributed by atoms with E-state index in [1.54, 1.807) is 13.1 Å². The van der Waals surface area contributed by atoms with Gasteiger partial charge in [-0.15, -0.1) is 11.3 Å². The van der Waals surface area contributed by atoms with Crippen molar-refractivity contribution < 1.29 is 9.59 Å². The minimum absolute atomic E-state index is 0.0442. The fraction of sp³-hybridized carbons (Fsp3) is 0.333. The number of anilines is 1.